The van der Waals surface area contributed by atoms with E-state index in [4.69, 9.17) is 4.74 Å². The summed E-state index contributed by atoms with van der Waals surface area (Å²) in [7, 11) is 1.70. The fourth-order valence-corrected chi connectivity index (χ4v) is 12.8. The maximum absolute atomic E-state index is 14.5. The van der Waals surface area contributed by atoms with E-state index in [1.165, 1.54) is 11.1 Å². The van der Waals surface area contributed by atoms with E-state index in [0.29, 0.717) is 75.6 Å². The smallest absolute Gasteiger partial charge is 0.246 e. The minimum atomic E-state index is -0.818. The number of hydrogen-bond donors (Lipinski definition) is 5. The van der Waals surface area contributed by atoms with Crippen LogP contribution in [0.1, 0.15) is 168 Å². The summed E-state index contributed by atoms with van der Waals surface area (Å²) in [6.07, 6.45) is 14.9. The van der Waals surface area contributed by atoms with Crippen LogP contribution >= 0.6 is 0 Å². The topological polar surface area (TPSA) is 240 Å². The molecule has 2 aliphatic carbocycles. The van der Waals surface area contributed by atoms with Crippen molar-refractivity contribution in [1.82, 2.24) is 66.4 Å². The van der Waals surface area contributed by atoms with Gasteiger partial charge in [0.1, 0.15) is 35.6 Å². The lowest BCUT2D eigenvalue weighted by Gasteiger charge is -2.38. The van der Waals surface area contributed by atoms with Crippen LogP contribution in [0.4, 0.5) is 0 Å². The average molecular weight is 1030 g/mol. The molecule has 6 aliphatic rings. The first-order chi connectivity index (χ1) is 36.5. The van der Waals surface area contributed by atoms with E-state index in [-0.39, 0.29) is 91.3 Å². The number of benzene rings is 2. The third kappa shape index (κ3) is 11.4. The second-order valence-corrected chi connectivity index (χ2v) is 21.6. The Labute approximate surface area is 438 Å². The molecule has 6 heterocycles. The molecule has 0 bridgehead atoms. The summed E-state index contributed by atoms with van der Waals surface area (Å²) < 4.78 is 9.81. The van der Waals surface area contributed by atoms with Crippen LogP contribution in [0.5, 0.6) is 0 Å². The molecule has 0 saturated carbocycles. The standard InChI is InChI=1S/C55H73N13O7/c1-4-50(69)57-46-23-19-38(27-40-21-25-48(67(40)54(46)73)52(71)58-44-17-9-13-34-11-5-7-15-42(34)44)65-29-36(61-63-65)31-75-32-37-30-66(64-62-37)39-20-24-47(60-51(70)33(2)56-3)55(74)68-41(28-39)22-26-49(68)53(72)59-45-18-10-14-35-12-6-8-16-43(35)45/h5-8,11-12,15-16,29-30,33,38-41,44-49,56H,4,9-10,13-14,17-28,31-32H2,1-3H3,(H,57,69)(H,58,71)(H,59,72)(H,60,70)/t33-,38+,39+,40+,41+,44+,45-,46-,47-,48-,49-/m0/s1. The van der Waals surface area contributed by atoms with Crippen LogP contribution in [0.15, 0.2) is 60.9 Å². The molecule has 4 aromatic rings. The van der Waals surface area contributed by atoms with Gasteiger partial charge in [-0.25, -0.2) is 9.36 Å². The van der Waals surface area contributed by atoms with E-state index in [2.05, 4.69) is 71.5 Å². The zero-order chi connectivity index (χ0) is 52.2. The van der Waals surface area contributed by atoms with Gasteiger partial charge in [0.15, 0.2) is 0 Å². The van der Waals surface area contributed by atoms with Gasteiger partial charge in [-0.2, -0.15) is 0 Å². The number of hydrogen-bond acceptors (Lipinski definition) is 12. The number of nitrogens with one attached hydrogen (secondary N) is 5. The quantitative estimate of drug-likeness (QED) is 0.113. The highest BCUT2D eigenvalue weighted by Crippen LogP contribution is 2.39. The van der Waals surface area contributed by atoms with Crippen LogP contribution in [0.2, 0.25) is 0 Å². The fourth-order valence-electron chi connectivity index (χ4n) is 12.8. The van der Waals surface area contributed by atoms with Crippen molar-refractivity contribution in [1.29, 1.82) is 0 Å². The number of aromatic nitrogens is 6. The van der Waals surface area contributed by atoms with E-state index in [1.54, 1.807) is 30.7 Å². The predicted molar refractivity (Wildman–Crippen MR) is 275 cm³/mol. The molecule has 4 aliphatic heterocycles. The van der Waals surface area contributed by atoms with Gasteiger partial charge in [-0.15, -0.1) is 10.2 Å². The zero-order valence-electron chi connectivity index (χ0n) is 43.5. The molecule has 0 unspecified atom stereocenters. The van der Waals surface area contributed by atoms with Crippen molar-refractivity contribution >= 4 is 35.4 Å². The lowest BCUT2D eigenvalue weighted by molar-refractivity contribution is -0.145. The number of rotatable bonds is 15. The number of aryl methyl sites for hydroxylation is 2. The summed E-state index contributed by atoms with van der Waals surface area (Å²) in [4.78, 5) is 86.6. The van der Waals surface area contributed by atoms with Gasteiger partial charge in [-0.05, 0) is 139 Å². The van der Waals surface area contributed by atoms with E-state index < -0.39 is 30.2 Å². The highest BCUT2D eigenvalue weighted by Gasteiger charge is 2.48. The van der Waals surface area contributed by atoms with Crippen molar-refractivity contribution in [2.45, 2.75) is 203 Å². The maximum atomic E-state index is 14.5. The first-order valence-electron chi connectivity index (χ1n) is 27.5. The molecule has 4 fully saturated rings. The Hall–Kier alpha value is -6.54. The lowest BCUT2D eigenvalue weighted by Crippen LogP contribution is -2.58. The lowest BCUT2D eigenvalue weighted by atomic mass is 9.87. The number of carbonyl (C=O) groups is 6. The Balaban J connectivity index is 0.782. The third-order valence-electron chi connectivity index (χ3n) is 16.9. The molecule has 2 aromatic carbocycles. The Kier molecular flexibility index (Phi) is 16.0. The number of nitrogens with zero attached hydrogens (tertiary/aromatic N) is 8. The highest BCUT2D eigenvalue weighted by atomic mass is 16.5. The number of likely N-dealkylation sites (N-methyl/N-ethyl adjacent to an activating group) is 1. The van der Waals surface area contributed by atoms with Crippen LogP contribution < -0.4 is 26.6 Å². The Bertz CT molecular complexity index is 2730. The van der Waals surface area contributed by atoms with Gasteiger partial charge < -0.3 is 41.1 Å². The number of amides is 6. The normalized spacial score (nSPS) is 28.0. The SMILES string of the molecule is CCC(=O)N[C@H]1CC[C@@H](n2cc(COCc3cn([C@@H]4CC[C@H](NC(=O)[C@H](C)NC)C(=O)N5[C@H](CC[C@H]5C(=O)N[C@H]5CCCc6ccccc65)C4)nn3)nn2)C[C@H]2CC[C@@H](C(=O)N[C@@H]3CCCc4ccccc43)N2C1=O. The van der Waals surface area contributed by atoms with Gasteiger partial charge in [0.05, 0.1) is 55.8 Å². The summed E-state index contributed by atoms with van der Waals surface area (Å²) in [5.41, 5.74) is 5.98. The van der Waals surface area contributed by atoms with Crippen LogP contribution in [0.25, 0.3) is 0 Å². The Morgan fingerprint density at radius 3 is 1.55 bits per heavy atom. The van der Waals surface area contributed by atoms with E-state index in [9.17, 15) is 28.8 Å². The molecule has 400 valence electrons. The van der Waals surface area contributed by atoms with Crippen molar-refractivity contribution in [3.05, 3.63) is 94.6 Å². The Morgan fingerprint density at radius 1 is 0.600 bits per heavy atom. The summed E-state index contributed by atoms with van der Waals surface area (Å²) in [6.45, 7) is 3.81. The van der Waals surface area contributed by atoms with Gasteiger partial charge >= 0.3 is 0 Å². The molecular weight excluding hydrogens is 955 g/mol. The monoisotopic (exact) mass is 1030 g/mol. The Morgan fingerprint density at radius 2 is 1.07 bits per heavy atom. The van der Waals surface area contributed by atoms with Crippen LogP contribution in [0.3, 0.4) is 0 Å². The van der Waals surface area contributed by atoms with Gasteiger partial charge in [0, 0.05) is 18.5 Å². The average Bonchev–Trinajstić information content (AvgIpc) is 4.28. The van der Waals surface area contributed by atoms with Crippen molar-refractivity contribution in [3.8, 4) is 0 Å². The summed E-state index contributed by atoms with van der Waals surface area (Å²) in [6, 6.07) is 12.0. The predicted octanol–water partition coefficient (Wildman–Crippen LogP) is 4.13. The molecule has 75 heavy (non-hydrogen) atoms. The van der Waals surface area contributed by atoms with Crippen LogP contribution in [-0.4, -0.2) is 125 Å². The molecule has 2 aromatic heterocycles. The summed E-state index contributed by atoms with van der Waals surface area (Å²) in [5.74, 6) is -1.26. The molecule has 20 nitrogen and oxygen atoms in total. The highest BCUT2D eigenvalue weighted by molar-refractivity contribution is 5.94. The molecule has 0 radical (unpaired) electrons. The molecule has 5 N–H and O–H groups in total. The molecule has 10 rings (SSSR count). The molecule has 11 atom stereocenters. The van der Waals surface area contributed by atoms with E-state index in [1.807, 2.05) is 46.0 Å². The molecule has 0 spiro atoms. The van der Waals surface area contributed by atoms with Gasteiger partial charge in [-0.3, -0.25) is 28.8 Å². The third-order valence-corrected chi connectivity index (χ3v) is 16.9. The summed E-state index contributed by atoms with van der Waals surface area (Å²) in [5, 5.41) is 33.5. The first-order valence-corrected chi connectivity index (χ1v) is 27.5. The fraction of sp³-hybridized carbons (Fsp3) is 0.600. The van der Waals surface area contributed by atoms with Crippen molar-refractivity contribution in [2.24, 2.45) is 0 Å². The number of ether oxygens (including phenoxy) is 1. The van der Waals surface area contributed by atoms with Crippen LogP contribution in [0, 0.1) is 0 Å². The van der Waals surface area contributed by atoms with Crippen molar-refractivity contribution < 1.29 is 33.5 Å². The molecule has 6 amide bonds. The number of fused-ring (bicyclic) bond motifs is 4. The maximum Gasteiger partial charge on any atom is 0.246 e. The molecule has 20 heteroatoms. The van der Waals surface area contributed by atoms with E-state index >= 15 is 0 Å². The second kappa shape index (κ2) is 23.1. The minimum absolute atomic E-state index is 0.113. The summed E-state index contributed by atoms with van der Waals surface area (Å²) >= 11 is 0. The van der Waals surface area contributed by atoms with Gasteiger partial charge in [0.2, 0.25) is 35.4 Å². The largest absolute Gasteiger partial charge is 0.369 e. The molecular formula is C55H73N13O7. The first kappa shape index (κ1) is 51.9. The number of carbonyl (C=O) groups excluding carboxylic acids is 6. The van der Waals surface area contributed by atoms with Crippen molar-refractivity contribution in [2.75, 3.05) is 7.05 Å². The second-order valence-electron chi connectivity index (χ2n) is 21.6. The minimum Gasteiger partial charge on any atom is -0.369 e. The van der Waals surface area contributed by atoms with E-state index in [0.717, 1.165) is 49.7 Å². The molecule has 4 saturated heterocycles. The van der Waals surface area contributed by atoms with Crippen molar-refractivity contribution in [3.63, 3.8) is 0 Å². The van der Waals surface area contributed by atoms with Gasteiger partial charge in [0.25, 0.3) is 0 Å². The zero-order valence-corrected chi connectivity index (χ0v) is 43.5. The van der Waals surface area contributed by atoms with Crippen LogP contribution in [-0.2, 0) is 59.6 Å². The van der Waals surface area contributed by atoms with Gasteiger partial charge in [-0.1, -0.05) is 65.9 Å².